The predicted molar refractivity (Wildman–Crippen MR) is 126 cm³/mol. The van der Waals surface area contributed by atoms with Gasteiger partial charge in [0.15, 0.2) is 0 Å². The van der Waals surface area contributed by atoms with Crippen LogP contribution >= 0.6 is 22.6 Å². The van der Waals surface area contributed by atoms with Crippen LogP contribution in [0.3, 0.4) is 0 Å². The van der Waals surface area contributed by atoms with Crippen molar-refractivity contribution in [3.63, 3.8) is 0 Å². The summed E-state index contributed by atoms with van der Waals surface area (Å²) in [5.74, 6) is 0.157. The SMILES string of the molecule is CC(C)CC(OCc1cn([C@H]2C[C@@H](O)[C@@H](CO)O2)c(=O)[nH]c1=O)c1ccc(I)cc1[N+](=O)[O-]. The Morgan fingerprint density at radius 1 is 1.39 bits per heavy atom. The van der Waals surface area contributed by atoms with Crippen molar-refractivity contribution in [1.29, 1.82) is 0 Å². The topological polar surface area (TPSA) is 157 Å². The minimum atomic E-state index is -0.949. The third-order valence-corrected chi connectivity index (χ3v) is 6.07. The Bertz CT molecular complexity index is 1120. The van der Waals surface area contributed by atoms with E-state index in [0.717, 1.165) is 8.14 Å². The van der Waals surface area contributed by atoms with E-state index < -0.39 is 47.3 Å². The van der Waals surface area contributed by atoms with Crippen LogP contribution in [0.1, 0.15) is 50.1 Å². The van der Waals surface area contributed by atoms with Crippen molar-refractivity contribution >= 4 is 28.3 Å². The van der Waals surface area contributed by atoms with Crippen molar-refractivity contribution < 1.29 is 24.6 Å². The van der Waals surface area contributed by atoms with Crippen LogP contribution < -0.4 is 11.2 Å². The van der Waals surface area contributed by atoms with Gasteiger partial charge in [-0.1, -0.05) is 13.8 Å². The van der Waals surface area contributed by atoms with E-state index in [0.29, 0.717) is 12.0 Å². The Morgan fingerprint density at radius 2 is 2.12 bits per heavy atom. The Morgan fingerprint density at radius 3 is 2.73 bits per heavy atom. The van der Waals surface area contributed by atoms with Gasteiger partial charge >= 0.3 is 5.69 Å². The molecule has 0 spiro atoms. The zero-order valence-corrected chi connectivity index (χ0v) is 20.3. The van der Waals surface area contributed by atoms with E-state index in [-0.39, 0.29) is 30.2 Å². The largest absolute Gasteiger partial charge is 0.394 e. The summed E-state index contributed by atoms with van der Waals surface area (Å²) >= 11 is 2.00. The Kier molecular flexibility index (Phi) is 8.39. The number of H-pyrrole nitrogens is 1. The number of aliphatic hydroxyl groups excluding tert-OH is 2. The summed E-state index contributed by atoms with van der Waals surface area (Å²) in [7, 11) is 0. The summed E-state index contributed by atoms with van der Waals surface area (Å²) in [6.45, 7) is 3.32. The number of halogens is 1. The molecule has 0 saturated carbocycles. The zero-order chi connectivity index (χ0) is 24.3. The highest BCUT2D eigenvalue weighted by atomic mass is 127. The van der Waals surface area contributed by atoms with Crippen LogP contribution in [0.2, 0.25) is 0 Å². The highest BCUT2D eigenvalue weighted by Crippen LogP contribution is 2.34. The fourth-order valence-corrected chi connectivity index (χ4v) is 4.22. The van der Waals surface area contributed by atoms with Gasteiger partial charge in [-0.2, -0.15) is 0 Å². The second kappa shape index (κ2) is 10.9. The zero-order valence-electron chi connectivity index (χ0n) is 18.1. The van der Waals surface area contributed by atoms with Crippen molar-refractivity contribution in [2.45, 2.75) is 57.8 Å². The molecule has 1 unspecified atom stereocenters. The Hall–Kier alpha value is -2.13. The number of hydrogen-bond acceptors (Lipinski definition) is 8. The van der Waals surface area contributed by atoms with E-state index in [9.17, 15) is 29.9 Å². The summed E-state index contributed by atoms with van der Waals surface area (Å²) in [4.78, 5) is 38.1. The third-order valence-electron chi connectivity index (χ3n) is 5.40. The number of nitro groups is 1. The molecule has 0 aliphatic carbocycles. The lowest BCUT2D eigenvalue weighted by Crippen LogP contribution is -2.34. The van der Waals surface area contributed by atoms with Gasteiger partial charge in [-0.3, -0.25) is 24.5 Å². The lowest BCUT2D eigenvalue weighted by molar-refractivity contribution is -0.386. The molecule has 2 heterocycles. The number of aliphatic hydroxyl groups is 2. The number of hydrogen-bond donors (Lipinski definition) is 3. The van der Waals surface area contributed by atoms with Gasteiger partial charge in [-0.05, 0) is 47.1 Å². The highest BCUT2D eigenvalue weighted by Gasteiger charge is 2.35. The van der Waals surface area contributed by atoms with E-state index in [1.807, 2.05) is 36.4 Å². The van der Waals surface area contributed by atoms with Gasteiger partial charge in [-0.15, -0.1) is 0 Å². The first kappa shape index (κ1) is 25.5. The van der Waals surface area contributed by atoms with Crippen molar-refractivity contribution in [3.05, 3.63) is 70.0 Å². The van der Waals surface area contributed by atoms with Crippen LogP contribution in [-0.2, 0) is 16.1 Å². The highest BCUT2D eigenvalue weighted by molar-refractivity contribution is 14.1. The maximum absolute atomic E-state index is 12.4. The van der Waals surface area contributed by atoms with E-state index >= 15 is 0 Å². The number of nitro benzene ring substituents is 1. The van der Waals surface area contributed by atoms with Crippen LogP contribution in [0, 0.1) is 19.6 Å². The molecule has 1 saturated heterocycles. The van der Waals surface area contributed by atoms with Crippen LogP contribution in [0.5, 0.6) is 0 Å². The molecule has 12 heteroatoms. The first-order chi connectivity index (χ1) is 15.6. The molecule has 1 aliphatic heterocycles. The standard InChI is InChI=1S/C21H26IN3O8/c1-11(2)5-17(14-4-3-13(22)6-15(14)25(30)31)32-10-12-8-24(21(29)23-20(12)28)19-7-16(27)18(9-26)33-19/h3-4,6,8,11,16-19,26-27H,5,7,9-10H2,1-2H3,(H,23,28,29)/t16-,17?,18-,19-/m1/s1. The summed E-state index contributed by atoms with van der Waals surface area (Å²) < 4.78 is 13.4. The van der Waals surface area contributed by atoms with E-state index in [4.69, 9.17) is 9.47 Å². The molecule has 180 valence electrons. The van der Waals surface area contributed by atoms with Crippen LogP contribution in [-0.4, -0.2) is 43.5 Å². The number of aromatic nitrogens is 2. The Balaban J connectivity index is 1.88. The lowest BCUT2D eigenvalue weighted by Gasteiger charge is -2.21. The van der Waals surface area contributed by atoms with Gasteiger partial charge in [0.1, 0.15) is 12.3 Å². The minimum absolute atomic E-state index is 0.0604. The number of ether oxygens (including phenoxy) is 2. The van der Waals surface area contributed by atoms with E-state index in [2.05, 4.69) is 4.98 Å². The average Bonchev–Trinajstić information content (AvgIpc) is 3.12. The van der Waals surface area contributed by atoms with Crippen LogP contribution in [0.4, 0.5) is 5.69 Å². The number of benzene rings is 1. The molecule has 0 radical (unpaired) electrons. The van der Waals surface area contributed by atoms with Crippen LogP contribution in [0.25, 0.3) is 0 Å². The van der Waals surface area contributed by atoms with Gasteiger partial charge < -0.3 is 19.7 Å². The molecule has 11 nitrogen and oxygen atoms in total. The summed E-state index contributed by atoms with van der Waals surface area (Å²) in [5.41, 5.74) is -0.885. The van der Waals surface area contributed by atoms with E-state index in [1.54, 1.807) is 12.1 Å². The van der Waals surface area contributed by atoms with Crippen molar-refractivity contribution in [3.8, 4) is 0 Å². The third kappa shape index (κ3) is 6.06. The molecule has 3 rings (SSSR count). The fourth-order valence-electron chi connectivity index (χ4n) is 3.74. The van der Waals surface area contributed by atoms with E-state index in [1.165, 1.54) is 12.3 Å². The molecule has 3 N–H and O–H groups in total. The molecule has 1 fully saturated rings. The molecular formula is C21H26IN3O8. The van der Waals surface area contributed by atoms with Crippen LogP contribution in [0.15, 0.2) is 34.0 Å². The smallest absolute Gasteiger partial charge is 0.330 e. The van der Waals surface area contributed by atoms with Crippen molar-refractivity contribution in [2.24, 2.45) is 5.92 Å². The van der Waals surface area contributed by atoms with Gasteiger partial charge in [0.25, 0.3) is 11.2 Å². The Labute approximate surface area is 202 Å². The first-order valence-electron chi connectivity index (χ1n) is 10.4. The van der Waals surface area contributed by atoms with Gasteiger partial charge in [0, 0.05) is 22.3 Å². The summed E-state index contributed by atoms with van der Waals surface area (Å²) in [6.07, 6.45) is -1.43. The number of rotatable bonds is 9. The fraction of sp³-hybridized carbons (Fsp3) is 0.524. The quantitative estimate of drug-likeness (QED) is 0.233. The normalized spacial score (nSPS) is 21.5. The van der Waals surface area contributed by atoms with Crippen molar-refractivity contribution in [2.75, 3.05) is 6.61 Å². The van der Waals surface area contributed by atoms with Gasteiger partial charge in [0.05, 0.1) is 41.5 Å². The monoisotopic (exact) mass is 575 g/mol. The molecular weight excluding hydrogens is 549 g/mol. The average molecular weight is 575 g/mol. The molecule has 1 aromatic carbocycles. The van der Waals surface area contributed by atoms with Gasteiger partial charge in [-0.25, -0.2) is 4.79 Å². The molecule has 2 aromatic rings. The molecule has 1 aromatic heterocycles. The second-order valence-corrected chi connectivity index (χ2v) is 9.57. The minimum Gasteiger partial charge on any atom is -0.394 e. The maximum atomic E-state index is 12.4. The molecule has 1 aliphatic rings. The first-order valence-corrected chi connectivity index (χ1v) is 11.5. The van der Waals surface area contributed by atoms with Crippen molar-refractivity contribution in [1.82, 2.24) is 9.55 Å². The predicted octanol–water partition coefficient (Wildman–Crippen LogP) is 1.99. The molecule has 4 atom stereocenters. The number of nitrogens with zero attached hydrogens (tertiary/aromatic N) is 2. The molecule has 33 heavy (non-hydrogen) atoms. The second-order valence-electron chi connectivity index (χ2n) is 8.33. The molecule has 0 bridgehead atoms. The summed E-state index contributed by atoms with van der Waals surface area (Å²) in [6, 6.07) is 4.88. The number of aromatic amines is 1. The summed E-state index contributed by atoms with van der Waals surface area (Å²) in [5, 5.41) is 30.8. The number of nitrogens with one attached hydrogen (secondary N) is 1. The van der Waals surface area contributed by atoms with Gasteiger partial charge in [0.2, 0.25) is 0 Å². The maximum Gasteiger partial charge on any atom is 0.330 e. The molecule has 0 amide bonds. The lowest BCUT2D eigenvalue weighted by atomic mass is 9.98.